The van der Waals surface area contributed by atoms with Gasteiger partial charge in [-0.05, 0) is 25.0 Å². The van der Waals surface area contributed by atoms with Gasteiger partial charge < -0.3 is 10.6 Å². The van der Waals surface area contributed by atoms with Gasteiger partial charge >= 0.3 is 0 Å². The van der Waals surface area contributed by atoms with Crippen LogP contribution >= 0.6 is 12.4 Å². The van der Waals surface area contributed by atoms with Crippen LogP contribution in [0.4, 0.5) is 0 Å². The minimum atomic E-state index is 0. The van der Waals surface area contributed by atoms with Crippen LogP contribution in [0.5, 0.6) is 0 Å². The molecule has 1 saturated heterocycles. The molecule has 1 atom stereocenters. The Morgan fingerprint density at radius 1 is 1.44 bits per heavy atom. The van der Waals surface area contributed by atoms with Crippen LogP contribution < -0.4 is 5.73 Å². The fourth-order valence-corrected chi connectivity index (χ4v) is 1.87. The Kier molecular flexibility index (Phi) is 4.71. The molecule has 1 aromatic heterocycles. The molecule has 0 spiro atoms. The van der Waals surface area contributed by atoms with Gasteiger partial charge in [0.15, 0.2) is 0 Å². The summed E-state index contributed by atoms with van der Waals surface area (Å²) in [7, 11) is 0. The molecule has 0 saturated carbocycles. The van der Waals surface area contributed by atoms with Crippen LogP contribution in [0.1, 0.15) is 23.2 Å². The number of halogens is 1. The maximum absolute atomic E-state index is 12.0. The van der Waals surface area contributed by atoms with E-state index in [0.717, 1.165) is 19.4 Å². The average molecular weight is 242 g/mol. The van der Waals surface area contributed by atoms with Gasteiger partial charge in [-0.15, -0.1) is 12.4 Å². The van der Waals surface area contributed by atoms with E-state index in [4.69, 9.17) is 5.73 Å². The monoisotopic (exact) mass is 241 g/mol. The molecule has 0 aromatic carbocycles. The van der Waals surface area contributed by atoms with Gasteiger partial charge in [0.2, 0.25) is 0 Å². The van der Waals surface area contributed by atoms with Gasteiger partial charge in [0.05, 0.1) is 0 Å². The lowest BCUT2D eigenvalue weighted by Crippen LogP contribution is -2.45. The molecule has 1 aliphatic heterocycles. The van der Waals surface area contributed by atoms with Crippen LogP contribution in [0.15, 0.2) is 24.5 Å². The second-order valence-electron chi connectivity index (χ2n) is 3.89. The molecule has 1 aliphatic rings. The molecule has 16 heavy (non-hydrogen) atoms. The predicted octanol–water partition coefficient (Wildman–Crippen LogP) is 1.07. The van der Waals surface area contributed by atoms with Gasteiger partial charge in [-0.25, -0.2) is 0 Å². The van der Waals surface area contributed by atoms with Crippen molar-refractivity contribution in [3.63, 3.8) is 0 Å². The molecule has 88 valence electrons. The molecule has 0 aliphatic carbocycles. The number of hydrogen-bond donors (Lipinski definition) is 1. The molecule has 0 radical (unpaired) electrons. The highest BCUT2D eigenvalue weighted by Crippen LogP contribution is 2.11. The lowest BCUT2D eigenvalue weighted by Gasteiger charge is -2.30. The molecule has 2 rings (SSSR count). The first-order valence-corrected chi connectivity index (χ1v) is 5.22. The highest BCUT2D eigenvalue weighted by atomic mass is 35.5. The van der Waals surface area contributed by atoms with E-state index in [1.54, 1.807) is 24.5 Å². The number of likely N-dealkylation sites (tertiary alicyclic amines) is 1. The highest BCUT2D eigenvalue weighted by molar-refractivity contribution is 5.94. The Balaban J connectivity index is 0.00000128. The average Bonchev–Trinajstić information content (AvgIpc) is 2.29. The van der Waals surface area contributed by atoms with E-state index >= 15 is 0 Å². The third kappa shape index (κ3) is 2.93. The van der Waals surface area contributed by atoms with Crippen LogP contribution in [-0.4, -0.2) is 34.9 Å². The largest absolute Gasteiger partial charge is 0.337 e. The molecular weight excluding hydrogens is 226 g/mol. The Hall–Kier alpha value is -1.13. The summed E-state index contributed by atoms with van der Waals surface area (Å²) in [6.45, 7) is 1.48. The van der Waals surface area contributed by atoms with Crippen LogP contribution in [0.2, 0.25) is 0 Å². The van der Waals surface area contributed by atoms with Gasteiger partial charge in [-0.1, -0.05) is 0 Å². The van der Waals surface area contributed by atoms with Crippen molar-refractivity contribution >= 4 is 18.3 Å². The van der Waals surface area contributed by atoms with E-state index < -0.39 is 0 Å². The summed E-state index contributed by atoms with van der Waals surface area (Å²) in [5.41, 5.74) is 6.53. The summed E-state index contributed by atoms with van der Waals surface area (Å²) in [6.07, 6.45) is 5.28. The van der Waals surface area contributed by atoms with Gasteiger partial charge in [0.25, 0.3) is 5.91 Å². The molecule has 1 unspecified atom stereocenters. The zero-order valence-corrected chi connectivity index (χ0v) is 9.82. The number of nitrogens with two attached hydrogens (primary N) is 1. The molecule has 4 nitrogen and oxygen atoms in total. The first kappa shape index (κ1) is 12.9. The van der Waals surface area contributed by atoms with Crippen molar-refractivity contribution in [3.8, 4) is 0 Å². The van der Waals surface area contributed by atoms with Crippen molar-refractivity contribution in [1.29, 1.82) is 0 Å². The molecule has 0 bridgehead atoms. The predicted molar refractivity (Wildman–Crippen MR) is 64.6 cm³/mol. The molecule has 1 aromatic rings. The molecule has 2 N–H and O–H groups in total. The number of piperidine rings is 1. The van der Waals surface area contributed by atoms with Crippen molar-refractivity contribution in [1.82, 2.24) is 9.88 Å². The number of rotatable bonds is 1. The summed E-state index contributed by atoms with van der Waals surface area (Å²) in [5, 5.41) is 0. The molecule has 2 heterocycles. The van der Waals surface area contributed by atoms with Crippen LogP contribution in [0, 0.1) is 0 Å². The number of amides is 1. The van der Waals surface area contributed by atoms with Gasteiger partial charge in [0.1, 0.15) is 0 Å². The number of carbonyl (C=O) groups excluding carboxylic acids is 1. The summed E-state index contributed by atoms with van der Waals surface area (Å²) in [5.74, 6) is 0.0625. The lowest BCUT2D eigenvalue weighted by atomic mass is 10.1. The number of hydrogen-bond acceptors (Lipinski definition) is 3. The highest BCUT2D eigenvalue weighted by Gasteiger charge is 2.21. The Bertz CT molecular complexity index is 344. The van der Waals surface area contributed by atoms with Crippen molar-refractivity contribution in [2.24, 2.45) is 5.73 Å². The number of carbonyl (C=O) groups is 1. The molecular formula is C11H16ClN3O. The topological polar surface area (TPSA) is 59.2 Å². The standard InChI is InChI=1S/C11H15N3O.ClH/c12-10-2-1-7-14(8-10)11(15)9-3-5-13-6-4-9;/h3-6,10H,1-2,7-8,12H2;1H. The fraction of sp³-hybridized carbons (Fsp3) is 0.455. The van der Waals surface area contributed by atoms with E-state index in [0.29, 0.717) is 12.1 Å². The van der Waals surface area contributed by atoms with Crippen LogP contribution in [0.3, 0.4) is 0 Å². The van der Waals surface area contributed by atoms with Crippen LogP contribution in [0.25, 0.3) is 0 Å². The third-order valence-electron chi connectivity index (χ3n) is 2.67. The number of pyridine rings is 1. The smallest absolute Gasteiger partial charge is 0.254 e. The maximum Gasteiger partial charge on any atom is 0.254 e. The van der Waals surface area contributed by atoms with Gasteiger partial charge in [-0.2, -0.15) is 0 Å². The zero-order chi connectivity index (χ0) is 10.7. The van der Waals surface area contributed by atoms with E-state index in [2.05, 4.69) is 4.98 Å². The Labute approximate surface area is 101 Å². The van der Waals surface area contributed by atoms with Gasteiger partial charge in [-0.3, -0.25) is 9.78 Å². The van der Waals surface area contributed by atoms with E-state index in [-0.39, 0.29) is 24.4 Å². The molecule has 5 heteroatoms. The van der Waals surface area contributed by atoms with E-state index in [9.17, 15) is 4.79 Å². The lowest BCUT2D eigenvalue weighted by molar-refractivity contribution is 0.0708. The first-order chi connectivity index (χ1) is 7.27. The Morgan fingerprint density at radius 2 is 2.12 bits per heavy atom. The summed E-state index contributed by atoms with van der Waals surface area (Å²) in [6, 6.07) is 3.61. The Morgan fingerprint density at radius 3 is 2.75 bits per heavy atom. The summed E-state index contributed by atoms with van der Waals surface area (Å²) in [4.78, 5) is 17.7. The second-order valence-corrected chi connectivity index (χ2v) is 3.89. The number of aromatic nitrogens is 1. The van der Waals surface area contributed by atoms with Crippen molar-refractivity contribution in [3.05, 3.63) is 30.1 Å². The summed E-state index contributed by atoms with van der Waals surface area (Å²) >= 11 is 0. The minimum absolute atomic E-state index is 0. The van der Waals surface area contributed by atoms with Crippen LogP contribution in [-0.2, 0) is 0 Å². The minimum Gasteiger partial charge on any atom is -0.337 e. The number of nitrogens with zero attached hydrogens (tertiary/aromatic N) is 2. The van der Waals surface area contributed by atoms with Crippen molar-refractivity contribution in [2.45, 2.75) is 18.9 Å². The SMILES string of the molecule is Cl.NC1CCCN(C(=O)c2ccncc2)C1. The van der Waals surface area contributed by atoms with E-state index in [1.807, 2.05) is 4.90 Å². The van der Waals surface area contributed by atoms with Crippen molar-refractivity contribution < 1.29 is 4.79 Å². The second kappa shape index (κ2) is 5.82. The van der Waals surface area contributed by atoms with E-state index in [1.165, 1.54) is 0 Å². The zero-order valence-electron chi connectivity index (χ0n) is 9.00. The summed E-state index contributed by atoms with van der Waals surface area (Å²) < 4.78 is 0. The normalized spacial score (nSPS) is 20.1. The molecule has 1 fully saturated rings. The maximum atomic E-state index is 12.0. The van der Waals surface area contributed by atoms with Gasteiger partial charge in [0, 0.05) is 37.1 Å². The van der Waals surface area contributed by atoms with Crippen molar-refractivity contribution in [2.75, 3.05) is 13.1 Å². The first-order valence-electron chi connectivity index (χ1n) is 5.22. The quantitative estimate of drug-likeness (QED) is 0.800. The third-order valence-corrected chi connectivity index (χ3v) is 2.67. The fourth-order valence-electron chi connectivity index (χ4n) is 1.87. The molecule has 1 amide bonds.